The van der Waals surface area contributed by atoms with Gasteiger partial charge in [0.05, 0.1) is 11.4 Å². The average molecular weight is 387 g/mol. The fourth-order valence-corrected chi connectivity index (χ4v) is 4.73. The van der Waals surface area contributed by atoms with Crippen LogP contribution in [0.5, 0.6) is 0 Å². The molecule has 7 heteroatoms. The Balaban J connectivity index is 1.70. The highest BCUT2D eigenvalue weighted by atomic mass is 32.2. The molecule has 0 radical (unpaired) electrons. The van der Waals surface area contributed by atoms with Gasteiger partial charge in [-0.1, -0.05) is 30.7 Å². The monoisotopic (exact) mass is 386 g/mol. The fourth-order valence-electron chi connectivity index (χ4n) is 3.15. The molecule has 2 aromatic carbocycles. The van der Waals surface area contributed by atoms with E-state index >= 15 is 0 Å². The van der Waals surface area contributed by atoms with Crippen LogP contribution in [0.2, 0.25) is 0 Å². The van der Waals surface area contributed by atoms with Crippen molar-refractivity contribution in [2.24, 2.45) is 10.7 Å². The molecular weight excluding hydrogens is 360 g/mol. The maximum absolute atomic E-state index is 12.8. The van der Waals surface area contributed by atoms with Crippen LogP contribution < -0.4 is 11.1 Å². The van der Waals surface area contributed by atoms with Gasteiger partial charge in [0, 0.05) is 18.8 Å². The Morgan fingerprint density at radius 2 is 1.85 bits per heavy atom. The Labute approximate surface area is 161 Å². The van der Waals surface area contributed by atoms with Crippen molar-refractivity contribution in [1.82, 2.24) is 4.31 Å². The quantitative estimate of drug-likeness (QED) is 0.610. The number of nitrogens with one attached hydrogen (secondary N) is 1. The van der Waals surface area contributed by atoms with Gasteiger partial charge >= 0.3 is 0 Å². The Bertz CT molecular complexity index is 919. The van der Waals surface area contributed by atoms with Gasteiger partial charge in [0.25, 0.3) is 0 Å². The number of hydrogen-bond acceptors (Lipinski definition) is 3. The van der Waals surface area contributed by atoms with E-state index in [1.54, 1.807) is 22.5 Å². The lowest BCUT2D eigenvalue weighted by Gasteiger charge is -2.26. The summed E-state index contributed by atoms with van der Waals surface area (Å²) in [5.41, 5.74) is 8.77. The van der Waals surface area contributed by atoms with E-state index < -0.39 is 10.0 Å². The number of rotatable bonds is 5. The summed E-state index contributed by atoms with van der Waals surface area (Å²) in [6.07, 6.45) is 2.93. The summed E-state index contributed by atoms with van der Waals surface area (Å²) in [6, 6.07) is 14.8. The standard InChI is InChI=1S/C20H26N4O2S/c1-16-7-5-9-18(13-16)23-20(21)22-15-17-8-6-10-19(14-17)27(25,26)24-11-3-2-4-12-24/h5-10,13-14H,2-4,11-12,15H2,1H3,(H3,21,22,23). The lowest BCUT2D eigenvalue weighted by atomic mass is 10.2. The molecule has 1 aliphatic heterocycles. The second kappa shape index (κ2) is 8.54. The topological polar surface area (TPSA) is 87.8 Å². The highest BCUT2D eigenvalue weighted by molar-refractivity contribution is 7.89. The number of sulfonamides is 1. The highest BCUT2D eigenvalue weighted by Crippen LogP contribution is 2.21. The molecule has 0 unspecified atom stereocenters. The van der Waals surface area contributed by atoms with Crippen LogP contribution in [0.25, 0.3) is 0 Å². The second-order valence-electron chi connectivity index (χ2n) is 6.81. The third-order valence-corrected chi connectivity index (χ3v) is 6.47. The van der Waals surface area contributed by atoms with Crippen molar-refractivity contribution >= 4 is 21.7 Å². The Hall–Kier alpha value is -2.38. The predicted molar refractivity (Wildman–Crippen MR) is 109 cm³/mol. The molecule has 3 rings (SSSR count). The van der Waals surface area contributed by atoms with Crippen LogP contribution in [0.4, 0.5) is 5.69 Å². The van der Waals surface area contributed by atoms with E-state index in [1.165, 1.54) is 0 Å². The van der Waals surface area contributed by atoms with E-state index in [9.17, 15) is 8.42 Å². The molecule has 6 nitrogen and oxygen atoms in total. The van der Waals surface area contributed by atoms with Gasteiger partial charge in [-0.05, 0) is 55.2 Å². The first-order chi connectivity index (χ1) is 12.9. The Kier molecular flexibility index (Phi) is 6.13. The molecule has 0 saturated carbocycles. The van der Waals surface area contributed by atoms with Gasteiger partial charge < -0.3 is 11.1 Å². The third kappa shape index (κ3) is 5.08. The largest absolute Gasteiger partial charge is 0.370 e. The molecule has 1 saturated heterocycles. The van der Waals surface area contributed by atoms with Crippen LogP contribution in [0, 0.1) is 6.92 Å². The normalized spacial score (nSPS) is 16.3. The van der Waals surface area contributed by atoms with Gasteiger partial charge in [0.1, 0.15) is 0 Å². The molecule has 0 atom stereocenters. The predicted octanol–water partition coefficient (Wildman–Crippen LogP) is 3.10. The lowest BCUT2D eigenvalue weighted by Crippen LogP contribution is -2.35. The summed E-state index contributed by atoms with van der Waals surface area (Å²) in [4.78, 5) is 4.65. The van der Waals surface area contributed by atoms with Gasteiger partial charge in [-0.2, -0.15) is 4.31 Å². The van der Waals surface area contributed by atoms with E-state index in [4.69, 9.17) is 5.73 Å². The number of guanidine groups is 1. The van der Waals surface area contributed by atoms with Crippen LogP contribution in [0.3, 0.4) is 0 Å². The number of benzene rings is 2. The molecule has 2 aromatic rings. The summed E-state index contributed by atoms with van der Waals surface area (Å²) >= 11 is 0. The maximum Gasteiger partial charge on any atom is 0.243 e. The third-order valence-electron chi connectivity index (χ3n) is 4.57. The zero-order chi connectivity index (χ0) is 19.3. The molecular formula is C20H26N4O2S. The van der Waals surface area contributed by atoms with Gasteiger partial charge in [-0.3, -0.25) is 0 Å². The van der Waals surface area contributed by atoms with Gasteiger partial charge in [0.2, 0.25) is 10.0 Å². The van der Waals surface area contributed by atoms with E-state index in [1.807, 2.05) is 37.3 Å². The van der Waals surface area contributed by atoms with Crippen LogP contribution in [-0.2, 0) is 16.6 Å². The maximum atomic E-state index is 12.8. The summed E-state index contributed by atoms with van der Waals surface area (Å²) in [5.74, 6) is 0.296. The molecule has 0 bridgehead atoms. The zero-order valence-electron chi connectivity index (χ0n) is 15.6. The fraction of sp³-hybridized carbons (Fsp3) is 0.350. The van der Waals surface area contributed by atoms with Crippen molar-refractivity contribution in [3.8, 4) is 0 Å². The molecule has 0 amide bonds. The van der Waals surface area contributed by atoms with Crippen molar-refractivity contribution in [2.45, 2.75) is 37.6 Å². The summed E-state index contributed by atoms with van der Waals surface area (Å²) in [7, 11) is -3.44. The van der Waals surface area contributed by atoms with Crippen LogP contribution in [0.1, 0.15) is 30.4 Å². The smallest absolute Gasteiger partial charge is 0.243 e. The summed E-state index contributed by atoms with van der Waals surface area (Å²) < 4.78 is 27.2. The van der Waals surface area contributed by atoms with Crippen LogP contribution >= 0.6 is 0 Å². The van der Waals surface area contributed by atoms with Crippen molar-refractivity contribution < 1.29 is 8.42 Å². The minimum Gasteiger partial charge on any atom is -0.370 e. The molecule has 1 heterocycles. The van der Waals surface area contributed by atoms with Crippen molar-refractivity contribution in [1.29, 1.82) is 0 Å². The highest BCUT2D eigenvalue weighted by Gasteiger charge is 2.25. The van der Waals surface area contributed by atoms with Gasteiger partial charge in [0.15, 0.2) is 5.96 Å². The first kappa shape index (κ1) is 19.4. The van der Waals surface area contributed by atoms with Gasteiger partial charge in [-0.25, -0.2) is 13.4 Å². The molecule has 0 spiro atoms. The number of nitrogens with two attached hydrogens (primary N) is 1. The number of anilines is 1. The Morgan fingerprint density at radius 1 is 1.11 bits per heavy atom. The van der Waals surface area contributed by atoms with Crippen molar-refractivity contribution in [2.75, 3.05) is 18.4 Å². The number of piperidine rings is 1. The molecule has 0 aromatic heterocycles. The SMILES string of the molecule is Cc1cccc(NC(N)=NCc2cccc(S(=O)(=O)N3CCCCC3)c2)c1. The molecule has 0 aliphatic carbocycles. The Morgan fingerprint density at radius 3 is 2.59 bits per heavy atom. The molecule has 1 fully saturated rings. The molecule has 1 aliphatic rings. The van der Waals surface area contributed by atoms with Crippen LogP contribution in [0.15, 0.2) is 58.4 Å². The molecule has 3 N–H and O–H groups in total. The van der Waals surface area contributed by atoms with Crippen molar-refractivity contribution in [3.05, 3.63) is 59.7 Å². The van der Waals surface area contributed by atoms with E-state index in [0.717, 1.165) is 36.1 Å². The first-order valence-corrected chi connectivity index (χ1v) is 10.6. The average Bonchev–Trinajstić information content (AvgIpc) is 2.67. The van der Waals surface area contributed by atoms with E-state index in [2.05, 4.69) is 10.3 Å². The summed E-state index contributed by atoms with van der Waals surface area (Å²) in [5, 5.41) is 3.05. The minimum atomic E-state index is -3.44. The van der Waals surface area contributed by atoms with E-state index in [0.29, 0.717) is 30.5 Å². The molecule has 144 valence electrons. The lowest BCUT2D eigenvalue weighted by molar-refractivity contribution is 0.346. The van der Waals surface area contributed by atoms with Gasteiger partial charge in [-0.15, -0.1) is 0 Å². The minimum absolute atomic E-state index is 0.296. The molecule has 27 heavy (non-hydrogen) atoms. The number of hydrogen-bond donors (Lipinski definition) is 2. The zero-order valence-corrected chi connectivity index (χ0v) is 16.4. The second-order valence-corrected chi connectivity index (χ2v) is 8.75. The number of aliphatic imine (C=N–C) groups is 1. The first-order valence-electron chi connectivity index (χ1n) is 9.18. The van der Waals surface area contributed by atoms with Crippen LogP contribution in [-0.4, -0.2) is 31.8 Å². The van der Waals surface area contributed by atoms with Crippen molar-refractivity contribution in [3.63, 3.8) is 0 Å². The number of nitrogens with zero attached hydrogens (tertiary/aromatic N) is 2. The summed E-state index contributed by atoms with van der Waals surface area (Å²) in [6.45, 7) is 3.51. The van der Waals surface area contributed by atoms with E-state index in [-0.39, 0.29) is 0 Å². The number of aryl methyl sites for hydroxylation is 1.